The van der Waals surface area contributed by atoms with Gasteiger partial charge in [0.15, 0.2) is 11.8 Å². The van der Waals surface area contributed by atoms with Crippen molar-refractivity contribution in [2.45, 2.75) is 18.3 Å². The van der Waals surface area contributed by atoms with Crippen LogP contribution in [0.2, 0.25) is 5.02 Å². The summed E-state index contributed by atoms with van der Waals surface area (Å²) in [6, 6.07) is 18.3. The lowest BCUT2D eigenvalue weighted by atomic mass is 9.79. The second-order valence-electron chi connectivity index (χ2n) is 7.83. The van der Waals surface area contributed by atoms with Gasteiger partial charge in [0.05, 0.1) is 19.3 Å². The van der Waals surface area contributed by atoms with Crippen LogP contribution in [0.1, 0.15) is 16.7 Å². The van der Waals surface area contributed by atoms with Crippen LogP contribution in [0.3, 0.4) is 0 Å². The Hall–Kier alpha value is -3.52. The van der Waals surface area contributed by atoms with Crippen molar-refractivity contribution in [2.24, 2.45) is 0 Å². The van der Waals surface area contributed by atoms with E-state index in [1.54, 1.807) is 48.5 Å². The van der Waals surface area contributed by atoms with E-state index < -0.39 is 24.3 Å². The molecule has 34 heavy (non-hydrogen) atoms. The third kappa shape index (κ3) is 4.21. The van der Waals surface area contributed by atoms with Gasteiger partial charge in [-0.2, -0.15) is 13.2 Å². The lowest BCUT2D eigenvalue weighted by Crippen LogP contribution is -2.62. The van der Waals surface area contributed by atoms with Crippen LogP contribution in [0.25, 0.3) is 0 Å². The van der Waals surface area contributed by atoms with Gasteiger partial charge in [-0.15, -0.1) is 0 Å². The zero-order chi connectivity index (χ0) is 24.5. The number of hydrogen-bond acceptors (Lipinski definition) is 3. The fourth-order valence-electron chi connectivity index (χ4n) is 4.23. The van der Waals surface area contributed by atoms with Gasteiger partial charge in [-0.3, -0.25) is 14.6 Å². The summed E-state index contributed by atoms with van der Waals surface area (Å²) >= 11 is 6.23. The maximum absolute atomic E-state index is 13.7. The monoisotopic (exact) mass is 488 g/mol. The number of urea groups is 1. The summed E-state index contributed by atoms with van der Waals surface area (Å²) in [7, 11) is 1.51. The first-order valence-corrected chi connectivity index (χ1v) is 10.7. The van der Waals surface area contributed by atoms with Gasteiger partial charge in [0, 0.05) is 10.6 Å². The normalized spacial score (nSPS) is 18.0. The molecule has 4 rings (SSSR count). The molecular formula is C25H20ClF3N2O3. The van der Waals surface area contributed by atoms with Crippen LogP contribution in [0.15, 0.2) is 72.8 Å². The van der Waals surface area contributed by atoms with Crippen LogP contribution in [-0.2, 0) is 16.9 Å². The molecule has 1 heterocycles. The quantitative estimate of drug-likeness (QED) is 0.412. The second-order valence-corrected chi connectivity index (χ2v) is 8.27. The Morgan fingerprint density at radius 3 is 2.29 bits per heavy atom. The van der Waals surface area contributed by atoms with Crippen molar-refractivity contribution < 1.29 is 27.5 Å². The number of hydrogen-bond donors (Lipinski definition) is 0. The molecular weight excluding hydrogens is 469 g/mol. The summed E-state index contributed by atoms with van der Waals surface area (Å²) in [4.78, 5) is 28.2. The standard InChI is InChI=1S/C25H20ClF3N2O3/c1-34-20-10-7-17(8-11-20)14-30-22-12-9-19(26)13-21(22)24(16-32,18-5-3-2-4-6-18)31(23(30)33)15-25(27,28)29/h2-13,16H,14-15H2,1H3. The summed E-state index contributed by atoms with van der Waals surface area (Å²) in [5.74, 6) is 0.601. The van der Waals surface area contributed by atoms with Crippen LogP contribution in [-0.4, -0.2) is 37.0 Å². The molecule has 1 atom stereocenters. The van der Waals surface area contributed by atoms with Gasteiger partial charge in [0.25, 0.3) is 0 Å². The van der Waals surface area contributed by atoms with E-state index in [9.17, 15) is 22.8 Å². The average Bonchev–Trinajstić information content (AvgIpc) is 2.82. The van der Waals surface area contributed by atoms with Crippen molar-refractivity contribution in [1.82, 2.24) is 4.90 Å². The Morgan fingerprint density at radius 2 is 1.71 bits per heavy atom. The number of aldehydes is 1. The van der Waals surface area contributed by atoms with Crippen LogP contribution in [0.5, 0.6) is 5.75 Å². The molecule has 1 aliphatic heterocycles. The summed E-state index contributed by atoms with van der Waals surface area (Å²) in [5.41, 5.74) is -0.612. The SMILES string of the molecule is COc1ccc(CN2C(=O)N(CC(F)(F)F)C(C=O)(c3ccccc3)c3cc(Cl)ccc32)cc1. The van der Waals surface area contributed by atoms with E-state index in [1.165, 1.54) is 36.3 Å². The number of methoxy groups -OCH3 is 1. The highest BCUT2D eigenvalue weighted by atomic mass is 35.5. The Balaban J connectivity index is 1.94. The van der Waals surface area contributed by atoms with Crippen LogP contribution in [0.4, 0.5) is 23.7 Å². The lowest BCUT2D eigenvalue weighted by molar-refractivity contribution is -0.151. The highest BCUT2D eigenvalue weighted by molar-refractivity contribution is 6.30. The van der Waals surface area contributed by atoms with E-state index in [2.05, 4.69) is 0 Å². The van der Waals surface area contributed by atoms with E-state index in [1.807, 2.05) is 0 Å². The fourth-order valence-corrected chi connectivity index (χ4v) is 4.40. The number of rotatable bonds is 6. The minimum atomic E-state index is -4.75. The minimum Gasteiger partial charge on any atom is -0.497 e. The van der Waals surface area contributed by atoms with Crippen molar-refractivity contribution in [2.75, 3.05) is 18.6 Å². The molecule has 176 valence electrons. The van der Waals surface area contributed by atoms with E-state index in [0.29, 0.717) is 28.2 Å². The molecule has 3 aromatic rings. The summed E-state index contributed by atoms with van der Waals surface area (Å²) in [5, 5.41) is 0.228. The van der Waals surface area contributed by atoms with E-state index in [0.717, 1.165) is 0 Å². The highest BCUT2D eigenvalue weighted by Crippen LogP contribution is 2.46. The topological polar surface area (TPSA) is 49.9 Å². The lowest BCUT2D eigenvalue weighted by Gasteiger charge is -2.48. The van der Waals surface area contributed by atoms with Gasteiger partial charge in [-0.05, 0) is 41.5 Å². The Labute approximate surface area is 199 Å². The molecule has 1 aliphatic rings. The first kappa shape index (κ1) is 23.6. The molecule has 0 aromatic heterocycles. The summed E-state index contributed by atoms with van der Waals surface area (Å²) in [6.45, 7) is -1.64. The molecule has 0 bridgehead atoms. The molecule has 0 radical (unpaired) electrons. The fraction of sp³-hybridized carbons (Fsp3) is 0.200. The number of amides is 2. The molecule has 3 aromatic carbocycles. The van der Waals surface area contributed by atoms with Gasteiger partial charge in [0.2, 0.25) is 0 Å². The molecule has 0 fully saturated rings. The Kier molecular flexibility index (Phi) is 6.27. The largest absolute Gasteiger partial charge is 0.497 e. The molecule has 0 aliphatic carbocycles. The third-order valence-electron chi connectivity index (χ3n) is 5.77. The number of carbonyl (C=O) groups is 2. The first-order chi connectivity index (χ1) is 16.2. The van der Waals surface area contributed by atoms with Gasteiger partial charge in [-0.1, -0.05) is 54.1 Å². The summed E-state index contributed by atoms with van der Waals surface area (Å²) in [6.07, 6.45) is -4.37. The van der Waals surface area contributed by atoms with Crippen molar-refractivity contribution >= 4 is 29.6 Å². The number of ether oxygens (including phenoxy) is 1. The van der Waals surface area contributed by atoms with Crippen molar-refractivity contribution in [3.05, 3.63) is 94.5 Å². The number of fused-ring (bicyclic) bond motifs is 1. The zero-order valence-corrected chi connectivity index (χ0v) is 18.8. The highest BCUT2D eigenvalue weighted by Gasteiger charge is 2.53. The Bertz CT molecular complexity index is 1200. The van der Waals surface area contributed by atoms with Gasteiger partial charge < -0.3 is 4.74 Å². The van der Waals surface area contributed by atoms with E-state index in [4.69, 9.17) is 16.3 Å². The summed E-state index contributed by atoms with van der Waals surface area (Å²) < 4.78 is 46.3. The predicted molar refractivity (Wildman–Crippen MR) is 122 cm³/mol. The molecule has 0 N–H and O–H groups in total. The third-order valence-corrected chi connectivity index (χ3v) is 6.00. The zero-order valence-electron chi connectivity index (χ0n) is 18.1. The van der Waals surface area contributed by atoms with Crippen LogP contribution >= 0.6 is 11.6 Å². The average molecular weight is 489 g/mol. The second kappa shape index (κ2) is 9.02. The smallest absolute Gasteiger partial charge is 0.406 e. The molecule has 0 saturated carbocycles. The number of halogens is 4. The molecule has 2 amide bonds. The minimum absolute atomic E-state index is 0.0183. The molecule has 9 heteroatoms. The molecule has 1 unspecified atom stereocenters. The first-order valence-electron chi connectivity index (χ1n) is 10.3. The predicted octanol–water partition coefficient (Wildman–Crippen LogP) is 5.80. The number of anilines is 1. The number of alkyl halides is 3. The number of benzene rings is 3. The van der Waals surface area contributed by atoms with Gasteiger partial charge >= 0.3 is 12.2 Å². The van der Waals surface area contributed by atoms with Crippen molar-refractivity contribution in [3.8, 4) is 5.75 Å². The maximum atomic E-state index is 13.7. The molecule has 0 spiro atoms. The number of carbonyl (C=O) groups excluding carboxylic acids is 2. The van der Waals surface area contributed by atoms with E-state index in [-0.39, 0.29) is 22.7 Å². The van der Waals surface area contributed by atoms with Crippen LogP contribution < -0.4 is 9.64 Å². The van der Waals surface area contributed by atoms with Gasteiger partial charge in [0.1, 0.15) is 12.3 Å². The van der Waals surface area contributed by atoms with Crippen molar-refractivity contribution in [1.29, 1.82) is 0 Å². The Morgan fingerprint density at radius 1 is 1.03 bits per heavy atom. The van der Waals surface area contributed by atoms with Crippen molar-refractivity contribution in [3.63, 3.8) is 0 Å². The van der Waals surface area contributed by atoms with Crippen LogP contribution in [0, 0.1) is 0 Å². The molecule has 0 saturated heterocycles. The number of nitrogens with zero attached hydrogens (tertiary/aromatic N) is 2. The van der Waals surface area contributed by atoms with E-state index >= 15 is 0 Å². The van der Waals surface area contributed by atoms with Gasteiger partial charge in [-0.25, -0.2) is 4.79 Å². The molecule has 5 nitrogen and oxygen atoms in total. The maximum Gasteiger partial charge on any atom is 0.406 e.